The molecule has 0 bridgehead atoms. The van der Waals surface area contributed by atoms with Crippen molar-refractivity contribution in [3.8, 4) is 0 Å². The quantitative estimate of drug-likeness (QED) is 0.0263. The molecule has 0 N–H and O–H groups in total. The Hall–Kier alpha value is -2.89. The normalized spacial score (nSPS) is 12.5. The highest BCUT2D eigenvalue weighted by Crippen LogP contribution is 2.15. The number of carbonyl (C=O) groups excluding carboxylic acids is 3. The molecule has 0 saturated heterocycles. The van der Waals surface area contributed by atoms with E-state index in [2.05, 4.69) is 75.5 Å². The highest BCUT2D eigenvalue weighted by atomic mass is 16.6. The Kier molecular flexibility index (Phi) is 47.4. The molecule has 352 valence electrons. The number of hydrogen-bond donors (Lipinski definition) is 0. The van der Waals surface area contributed by atoms with E-state index in [-0.39, 0.29) is 37.5 Å². The Morgan fingerprint density at radius 3 is 1.10 bits per heavy atom. The molecule has 0 rings (SSSR count). The first kappa shape index (κ1) is 58.1. The Morgan fingerprint density at radius 2 is 0.672 bits per heavy atom. The van der Waals surface area contributed by atoms with Gasteiger partial charge in [-0.3, -0.25) is 14.4 Å². The summed E-state index contributed by atoms with van der Waals surface area (Å²) in [6, 6.07) is 0. The van der Waals surface area contributed by atoms with Crippen LogP contribution in [0.25, 0.3) is 0 Å². The average molecular weight is 853 g/mol. The van der Waals surface area contributed by atoms with E-state index in [0.29, 0.717) is 19.3 Å². The van der Waals surface area contributed by atoms with Gasteiger partial charge >= 0.3 is 17.9 Å². The molecule has 0 aromatic heterocycles. The first-order chi connectivity index (χ1) is 30.0. The van der Waals surface area contributed by atoms with Gasteiger partial charge in [-0.2, -0.15) is 0 Å². The van der Waals surface area contributed by atoms with Gasteiger partial charge in [-0.1, -0.05) is 223 Å². The zero-order valence-electron chi connectivity index (χ0n) is 40.2. The van der Waals surface area contributed by atoms with Crippen molar-refractivity contribution in [2.24, 2.45) is 0 Å². The predicted molar refractivity (Wildman–Crippen MR) is 261 cm³/mol. The molecule has 0 spiro atoms. The topological polar surface area (TPSA) is 78.9 Å². The van der Waals surface area contributed by atoms with Crippen molar-refractivity contribution in [2.45, 2.75) is 258 Å². The number of carbonyl (C=O) groups is 3. The number of allylic oxidation sites excluding steroid dienone is 10. The van der Waals surface area contributed by atoms with Crippen LogP contribution in [-0.2, 0) is 28.6 Å². The van der Waals surface area contributed by atoms with Crippen LogP contribution in [0.1, 0.15) is 252 Å². The fraction of sp³-hybridized carbons (Fsp3) is 0.764. The highest BCUT2D eigenvalue weighted by molar-refractivity contribution is 5.71. The second kappa shape index (κ2) is 49.8. The summed E-state index contributed by atoms with van der Waals surface area (Å²) in [5, 5.41) is 0. The van der Waals surface area contributed by atoms with Crippen molar-refractivity contribution in [2.75, 3.05) is 13.2 Å². The molecule has 0 saturated carbocycles. The van der Waals surface area contributed by atoms with E-state index in [1.54, 1.807) is 0 Å². The minimum atomic E-state index is -0.799. The summed E-state index contributed by atoms with van der Waals surface area (Å²) in [5.74, 6) is -0.973. The SMILES string of the molecule is CC/C=C\C/C=C\C/C=C\CCCCCCCCC(=O)OCC(COC(=O)CC/C=C\C/C=C\CCCCCCCC)OC(=O)CCCCCCCCCCCCCCCC. The lowest BCUT2D eigenvalue weighted by atomic mass is 10.0. The molecule has 1 atom stereocenters. The molecule has 61 heavy (non-hydrogen) atoms. The van der Waals surface area contributed by atoms with Crippen molar-refractivity contribution in [3.63, 3.8) is 0 Å². The largest absolute Gasteiger partial charge is 0.462 e. The van der Waals surface area contributed by atoms with Gasteiger partial charge in [-0.15, -0.1) is 0 Å². The summed E-state index contributed by atoms with van der Waals surface area (Å²) in [4.78, 5) is 37.9. The van der Waals surface area contributed by atoms with Crippen LogP contribution in [0.15, 0.2) is 60.8 Å². The fourth-order valence-corrected chi connectivity index (χ4v) is 7.16. The lowest BCUT2D eigenvalue weighted by molar-refractivity contribution is -0.166. The van der Waals surface area contributed by atoms with Gasteiger partial charge in [0.1, 0.15) is 13.2 Å². The molecule has 6 nitrogen and oxygen atoms in total. The van der Waals surface area contributed by atoms with E-state index in [1.807, 2.05) is 6.08 Å². The van der Waals surface area contributed by atoms with Crippen LogP contribution < -0.4 is 0 Å². The van der Waals surface area contributed by atoms with Gasteiger partial charge in [0.25, 0.3) is 0 Å². The minimum Gasteiger partial charge on any atom is -0.462 e. The first-order valence-corrected chi connectivity index (χ1v) is 25.8. The molecule has 0 aliphatic heterocycles. The van der Waals surface area contributed by atoms with Crippen molar-refractivity contribution in [1.29, 1.82) is 0 Å². The number of ether oxygens (including phenoxy) is 3. The molecule has 0 aliphatic carbocycles. The van der Waals surface area contributed by atoms with Crippen LogP contribution >= 0.6 is 0 Å². The van der Waals surface area contributed by atoms with Crippen LogP contribution in [0.2, 0.25) is 0 Å². The maximum Gasteiger partial charge on any atom is 0.306 e. The van der Waals surface area contributed by atoms with E-state index < -0.39 is 6.10 Å². The zero-order valence-corrected chi connectivity index (χ0v) is 40.2. The smallest absolute Gasteiger partial charge is 0.306 e. The van der Waals surface area contributed by atoms with E-state index in [9.17, 15) is 14.4 Å². The van der Waals surface area contributed by atoms with Gasteiger partial charge in [0.2, 0.25) is 0 Å². The predicted octanol–water partition coefficient (Wildman–Crippen LogP) is 16.9. The molecule has 0 amide bonds. The molecule has 0 heterocycles. The van der Waals surface area contributed by atoms with E-state index in [1.165, 1.54) is 128 Å². The molecule has 0 aromatic carbocycles. The second-order valence-electron chi connectivity index (χ2n) is 17.1. The number of esters is 3. The standard InChI is InChI=1S/C55H96O6/c1-4-7-10-13-16-19-22-25-27-28-31-33-36-39-42-45-48-54(57)60-51-52(50-59-53(56)47-44-41-38-35-32-29-24-21-18-15-12-9-6-3)61-55(58)49-46-43-40-37-34-30-26-23-20-17-14-11-8-5-2/h7,10,16,19,25,27,29,32,38,41,52H,4-6,8-9,11-15,17-18,20-24,26,28,30-31,33-37,39-40,42-51H2,1-3H3/b10-7-,19-16-,27-25-,32-29-,41-38-. The Labute approximate surface area is 377 Å². The second-order valence-corrected chi connectivity index (χ2v) is 17.1. The summed E-state index contributed by atoms with van der Waals surface area (Å²) in [5.41, 5.74) is 0. The third-order valence-corrected chi connectivity index (χ3v) is 11.0. The maximum atomic E-state index is 12.8. The summed E-state index contributed by atoms with van der Waals surface area (Å²) >= 11 is 0. The van der Waals surface area contributed by atoms with Crippen LogP contribution in [0.3, 0.4) is 0 Å². The van der Waals surface area contributed by atoms with E-state index in [4.69, 9.17) is 14.2 Å². The fourth-order valence-electron chi connectivity index (χ4n) is 7.16. The van der Waals surface area contributed by atoms with Crippen molar-refractivity contribution >= 4 is 17.9 Å². The zero-order chi connectivity index (χ0) is 44.4. The van der Waals surface area contributed by atoms with Gasteiger partial charge in [-0.05, 0) is 70.6 Å². The Morgan fingerprint density at radius 1 is 0.344 bits per heavy atom. The average Bonchev–Trinajstić information content (AvgIpc) is 3.26. The van der Waals surface area contributed by atoms with Gasteiger partial charge in [0, 0.05) is 19.3 Å². The van der Waals surface area contributed by atoms with Crippen LogP contribution in [0.5, 0.6) is 0 Å². The molecule has 6 heteroatoms. The van der Waals surface area contributed by atoms with Gasteiger partial charge in [0.15, 0.2) is 6.10 Å². The minimum absolute atomic E-state index is 0.0964. The summed E-state index contributed by atoms with van der Waals surface area (Å²) in [7, 11) is 0. The van der Waals surface area contributed by atoms with Gasteiger partial charge < -0.3 is 14.2 Å². The van der Waals surface area contributed by atoms with Crippen LogP contribution in [0.4, 0.5) is 0 Å². The summed E-state index contributed by atoms with van der Waals surface area (Å²) in [6.45, 7) is 6.46. The lowest BCUT2D eigenvalue weighted by Gasteiger charge is -2.18. The number of rotatable bonds is 46. The van der Waals surface area contributed by atoms with Crippen molar-refractivity contribution < 1.29 is 28.6 Å². The highest BCUT2D eigenvalue weighted by Gasteiger charge is 2.19. The monoisotopic (exact) mass is 853 g/mol. The van der Waals surface area contributed by atoms with Crippen LogP contribution in [-0.4, -0.2) is 37.2 Å². The third-order valence-electron chi connectivity index (χ3n) is 11.0. The first-order valence-electron chi connectivity index (χ1n) is 25.8. The summed E-state index contributed by atoms with van der Waals surface area (Å²) < 4.78 is 16.7. The molecular weight excluding hydrogens is 757 g/mol. The third kappa shape index (κ3) is 48.0. The van der Waals surface area contributed by atoms with Crippen molar-refractivity contribution in [3.05, 3.63) is 60.8 Å². The molecule has 0 fully saturated rings. The molecule has 0 radical (unpaired) electrons. The molecule has 0 aromatic rings. The van der Waals surface area contributed by atoms with Gasteiger partial charge in [0.05, 0.1) is 0 Å². The molecule has 1 unspecified atom stereocenters. The Balaban J connectivity index is 4.44. The number of hydrogen-bond acceptors (Lipinski definition) is 6. The van der Waals surface area contributed by atoms with E-state index in [0.717, 1.165) is 77.0 Å². The maximum absolute atomic E-state index is 12.8. The molecular formula is C55H96O6. The Bertz CT molecular complexity index is 1120. The summed E-state index contributed by atoms with van der Waals surface area (Å²) in [6.07, 6.45) is 60.7. The number of unbranched alkanes of at least 4 members (excludes halogenated alkanes) is 25. The van der Waals surface area contributed by atoms with Crippen LogP contribution in [0, 0.1) is 0 Å². The lowest BCUT2D eigenvalue weighted by Crippen LogP contribution is -2.30. The van der Waals surface area contributed by atoms with Gasteiger partial charge in [-0.25, -0.2) is 0 Å². The van der Waals surface area contributed by atoms with Crippen molar-refractivity contribution in [1.82, 2.24) is 0 Å². The van der Waals surface area contributed by atoms with E-state index >= 15 is 0 Å². The molecule has 0 aliphatic rings.